The Morgan fingerprint density at radius 1 is 1.16 bits per heavy atom. The average molecular weight is 340 g/mol. The van der Waals surface area contributed by atoms with E-state index in [2.05, 4.69) is 41.3 Å². The fourth-order valence-electron chi connectivity index (χ4n) is 3.48. The van der Waals surface area contributed by atoms with Crippen molar-refractivity contribution in [1.29, 1.82) is 0 Å². The highest BCUT2D eigenvalue weighted by Gasteiger charge is 2.23. The standard InChI is InChI=1S/C21H28N2O2/c1-24-21-10-6-5-9-18(21)13-19(22)14-20-16-23(11-12-25-20)15-17-7-3-2-4-8-17/h2-10,19-20H,11-16,22H2,1H3. The van der Waals surface area contributed by atoms with Gasteiger partial charge in [-0.05, 0) is 30.0 Å². The minimum Gasteiger partial charge on any atom is -0.496 e. The minimum atomic E-state index is 0.0676. The van der Waals surface area contributed by atoms with E-state index in [1.807, 2.05) is 18.2 Å². The van der Waals surface area contributed by atoms with Gasteiger partial charge in [0, 0.05) is 25.7 Å². The summed E-state index contributed by atoms with van der Waals surface area (Å²) in [6.45, 7) is 3.67. The predicted molar refractivity (Wildman–Crippen MR) is 101 cm³/mol. The number of rotatable bonds is 7. The van der Waals surface area contributed by atoms with Crippen molar-refractivity contribution in [3.63, 3.8) is 0 Å². The topological polar surface area (TPSA) is 47.7 Å². The van der Waals surface area contributed by atoms with Crippen molar-refractivity contribution in [1.82, 2.24) is 4.90 Å². The quantitative estimate of drug-likeness (QED) is 0.842. The Hall–Kier alpha value is -1.88. The lowest BCUT2D eigenvalue weighted by Gasteiger charge is -2.34. The van der Waals surface area contributed by atoms with Gasteiger partial charge in [0.25, 0.3) is 0 Å². The lowest BCUT2D eigenvalue weighted by Crippen LogP contribution is -2.44. The number of methoxy groups -OCH3 is 1. The van der Waals surface area contributed by atoms with E-state index in [9.17, 15) is 0 Å². The van der Waals surface area contributed by atoms with Crippen LogP contribution in [0.25, 0.3) is 0 Å². The summed E-state index contributed by atoms with van der Waals surface area (Å²) in [5.74, 6) is 0.910. The molecule has 134 valence electrons. The minimum absolute atomic E-state index is 0.0676. The molecule has 1 aliphatic rings. The molecule has 1 heterocycles. The zero-order valence-electron chi connectivity index (χ0n) is 14.9. The monoisotopic (exact) mass is 340 g/mol. The second kappa shape index (κ2) is 8.99. The van der Waals surface area contributed by atoms with Crippen LogP contribution in [0, 0.1) is 0 Å². The van der Waals surface area contributed by atoms with Crippen LogP contribution in [0.15, 0.2) is 54.6 Å². The fraction of sp³-hybridized carbons (Fsp3) is 0.429. The molecule has 2 unspecified atom stereocenters. The molecule has 0 radical (unpaired) electrons. The van der Waals surface area contributed by atoms with Gasteiger partial charge in [0.1, 0.15) is 5.75 Å². The van der Waals surface area contributed by atoms with Gasteiger partial charge in [-0.1, -0.05) is 48.5 Å². The van der Waals surface area contributed by atoms with Gasteiger partial charge in [0.2, 0.25) is 0 Å². The van der Waals surface area contributed by atoms with Crippen molar-refractivity contribution in [3.05, 3.63) is 65.7 Å². The molecule has 2 N–H and O–H groups in total. The largest absolute Gasteiger partial charge is 0.496 e. The second-order valence-corrected chi connectivity index (χ2v) is 6.73. The van der Waals surface area contributed by atoms with E-state index in [0.717, 1.165) is 50.4 Å². The molecule has 2 atom stereocenters. The van der Waals surface area contributed by atoms with Gasteiger partial charge in [-0.25, -0.2) is 0 Å². The molecule has 0 aliphatic carbocycles. The molecule has 0 aromatic heterocycles. The van der Waals surface area contributed by atoms with Gasteiger partial charge in [0.15, 0.2) is 0 Å². The Labute approximate surface area is 150 Å². The molecule has 1 aliphatic heterocycles. The number of hydrogen-bond acceptors (Lipinski definition) is 4. The summed E-state index contributed by atoms with van der Waals surface area (Å²) in [5.41, 5.74) is 8.91. The van der Waals surface area contributed by atoms with E-state index in [0.29, 0.717) is 0 Å². The Morgan fingerprint density at radius 2 is 1.92 bits per heavy atom. The molecule has 1 fully saturated rings. The van der Waals surface area contributed by atoms with Crippen LogP contribution < -0.4 is 10.5 Å². The molecule has 3 rings (SSSR count). The number of hydrogen-bond donors (Lipinski definition) is 1. The number of nitrogens with zero attached hydrogens (tertiary/aromatic N) is 1. The summed E-state index contributed by atoms with van der Waals surface area (Å²) in [5, 5.41) is 0. The van der Waals surface area contributed by atoms with E-state index in [1.165, 1.54) is 5.56 Å². The third kappa shape index (κ3) is 5.30. The Balaban J connectivity index is 1.51. The van der Waals surface area contributed by atoms with E-state index in [1.54, 1.807) is 7.11 Å². The second-order valence-electron chi connectivity index (χ2n) is 6.73. The highest BCUT2D eigenvalue weighted by molar-refractivity contribution is 5.33. The fourth-order valence-corrected chi connectivity index (χ4v) is 3.48. The zero-order chi connectivity index (χ0) is 17.5. The molecule has 0 amide bonds. The summed E-state index contributed by atoms with van der Waals surface area (Å²) in [6.07, 6.45) is 1.87. The zero-order valence-corrected chi connectivity index (χ0v) is 14.9. The molecule has 2 aromatic carbocycles. The maximum Gasteiger partial charge on any atom is 0.122 e. The maximum atomic E-state index is 6.40. The van der Waals surface area contributed by atoms with Crippen LogP contribution in [-0.2, 0) is 17.7 Å². The van der Waals surface area contributed by atoms with Crippen molar-refractivity contribution >= 4 is 0 Å². The summed E-state index contributed by atoms with van der Waals surface area (Å²) in [7, 11) is 1.70. The molecule has 2 aromatic rings. The molecule has 0 bridgehead atoms. The maximum absolute atomic E-state index is 6.40. The third-order valence-corrected chi connectivity index (χ3v) is 4.71. The number of morpholine rings is 1. The average Bonchev–Trinajstić information content (AvgIpc) is 2.63. The van der Waals surface area contributed by atoms with E-state index >= 15 is 0 Å². The lowest BCUT2D eigenvalue weighted by atomic mass is 9.99. The first-order valence-corrected chi connectivity index (χ1v) is 9.00. The van der Waals surface area contributed by atoms with Crippen LogP contribution in [-0.4, -0.2) is 43.9 Å². The summed E-state index contributed by atoms with van der Waals surface area (Å²) >= 11 is 0. The van der Waals surface area contributed by atoms with Gasteiger partial charge in [-0.3, -0.25) is 4.90 Å². The Bertz CT molecular complexity index is 647. The van der Waals surface area contributed by atoms with Crippen molar-refractivity contribution in [2.24, 2.45) is 5.73 Å². The number of ether oxygens (including phenoxy) is 2. The Kier molecular flexibility index (Phi) is 6.45. The van der Waals surface area contributed by atoms with Gasteiger partial charge in [-0.2, -0.15) is 0 Å². The van der Waals surface area contributed by atoms with Gasteiger partial charge < -0.3 is 15.2 Å². The van der Waals surface area contributed by atoms with Gasteiger partial charge in [-0.15, -0.1) is 0 Å². The summed E-state index contributed by atoms with van der Waals surface area (Å²) < 4.78 is 11.4. The lowest BCUT2D eigenvalue weighted by molar-refractivity contribution is -0.0374. The van der Waals surface area contributed by atoms with Crippen LogP contribution >= 0.6 is 0 Å². The number of benzene rings is 2. The van der Waals surface area contributed by atoms with Gasteiger partial charge >= 0.3 is 0 Å². The SMILES string of the molecule is COc1ccccc1CC(N)CC1CN(Cc2ccccc2)CCO1. The predicted octanol–water partition coefficient (Wildman–Crippen LogP) is 2.86. The molecule has 1 saturated heterocycles. The van der Waals surface area contributed by atoms with Crippen molar-refractivity contribution in [3.8, 4) is 5.75 Å². The number of para-hydroxylation sites is 1. The molecule has 25 heavy (non-hydrogen) atoms. The molecular weight excluding hydrogens is 312 g/mol. The first kappa shape index (κ1) is 17.9. The van der Waals surface area contributed by atoms with E-state index in [4.69, 9.17) is 15.2 Å². The van der Waals surface area contributed by atoms with Crippen LogP contribution in [0.3, 0.4) is 0 Å². The first-order valence-electron chi connectivity index (χ1n) is 9.00. The van der Waals surface area contributed by atoms with E-state index < -0.39 is 0 Å². The summed E-state index contributed by atoms with van der Waals surface area (Å²) in [4.78, 5) is 2.46. The van der Waals surface area contributed by atoms with Crippen molar-refractivity contribution < 1.29 is 9.47 Å². The molecule has 0 spiro atoms. The van der Waals surface area contributed by atoms with Gasteiger partial charge in [0.05, 0.1) is 19.8 Å². The van der Waals surface area contributed by atoms with Crippen LogP contribution in [0.1, 0.15) is 17.5 Å². The highest BCUT2D eigenvalue weighted by Crippen LogP contribution is 2.21. The van der Waals surface area contributed by atoms with Crippen molar-refractivity contribution in [2.45, 2.75) is 31.5 Å². The Morgan fingerprint density at radius 3 is 2.72 bits per heavy atom. The van der Waals surface area contributed by atoms with Crippen molar-refractivity contribution in [2.75, 3.05) is 26.8 Å². The summed E-state index contributed by atoms with van der Waals surface area (Å²) in [6, 6.07) is 18.8. The smallest absolute Gasteiger partial charge is 0.122 e. The van der Waals surface area contributed by atoms with Crippen LogP contribution in [0.4, 0.5) is 0 Å². The third-order valence-electron chi connectivity index (χ3n) is 4.71. The normalized spacial score (nSPS) is 19.5. The van der Waals surface area contributed by atoms with E-state index in [-0.39, 0.29) is 12.1 Å². The van der Waals surface area contributed by atoms with Crippen LogP contribution in [0.2, 0.25) is 0 Å². The molecule has 0 saturated carbocycles. The molecular formula is C21H28N2O2. The molecule has 4 nitrogen and oxygen atoms in total. The number of nitrogens with two attached hydrogens (primary N) is 1. The van der Waals surface area contributed by atoms with Crippen LogP contribution in [0.5, 0.6) is 5.75 Å². The highest BCUT2D eigenvalue weighted by atomic mass is 16.5. The molecule has 4 heteroatoms. The first-order chi connectivity index (χ1) is 12.2.